The van der Waals surface area contributed by atoms with E-state index in [1.807, 2.05) is 0 Å². The van der Waals surface area contributed by atoms with Gasteiger partial charge in [0.1, 0.15) is 0 Å². The SMILES string of the molecule is COCCOCCS(=O)(=O)NCC(c1ccc(C)cc1)N1CCCCCC1. The van der Waals surface area contributed by atoms with E-state index in [-0.39, 0.29) is 18.4 Å². The lowest BCUT2D eigenvalue weighted by molar-refractivity contribution is 0.0784. The van der Waals surface area contributed by atoms with Crippen molar-refractivity contribution in [2.75, 3.05) is 52.3 Å². The van der Waals surface area contributed by atoms with Gasteiger partial charge in [-0.25, -0.2) is 13.1 Å². The van der Waals surface area contributed by atoms with Crippen LogP contribution in [0.4, 0.5) is 0 Å². The summed E-state index contributed by atoms with van der Waals surface area (Å²) in [5.74, 6) is -0.0304. The van der Waals surface area contributed by atoms with Gasteiger partial charge in [0, 0.05) is 19.7 Å². The van der Waals surface area contributed by atoms with E-state index in [0.717, 1.165) is 13.1 Å². The largest absolute Gasteiger partial charge is 0.382 e. The Labute approximate surface area is 164 Å². The molecule has 1 fully saturated rings. The number of sulfonamides is 1. The molecule has 1 aromatic carbocycles. The number of ether oxygens (including phenoxy) is 2. The maximum Gasteiger partial charge on any atom is 0.213 e. The molecular weight excluding hydrogens is 364 g/mol. The highest BCUT2D eigenvalue weighted by Crippen LogP contribution is 2.24. The minimum Gasteiger partial charge on any atom is -0.382 e. The summed E-state index contributed by atoms with van der Waals surface area (Å²) in [4.78, 5) is 2.43. The summed E-state index contributed by atoms with van der Waals surface area (Å²) in [6, 6.07) is 8.49. The fourth-order valence-corrected chi connectivity index (χ4v) is 4.24. The first kappa shape index (κ1) is 22.3. The van der Waals surface area contributed by atoms with Gasteiger partial charge in [0.25, 0.3) is 0 Å². The fourth-order valence-electron chi connectivity index (χ4n) is 3.34. The predicted molar refractivity (Wildman–Crippen MR) is 108 cm³/mol. The van der Waals surface area contributed by atoms with Crippen molar-refractivity contribution in [3.63, 3.8) is 0 Å². The Hall–Kier alpha value is -0.990. The zero-order valence-electron chi connectivity index (χ0n) is 16.7. The number of nitrogens with zero attached hydrogens (tertiary/aromatic N) is 1. The lowest BCUT2D eigenvalue weighted by atomic mass is 10.0. The summed E-state index contributed by atoms with van der Waals surface area (Å²) in [5.41, 5.74) is 2.38. The minimum absolute atomic E-state index is 0.0304. The van der Waals surface area contributed by atoms with Crippen LogP contribution in [0, 0.1) is 6.92 Å². The van der Waals surface area contributed by atoms with Gasteiger partial charge in [0.2, 0.25) is 10.0 Å². The second-order valence-corrected chi connectivity index (χ2v) is 9.08. The number of rotatable bonds is 11. The van der Waals surface area contributed by atoms with Crippen molar-refractivity contribution in [1.82, 2.24) is 9.62 Å². The molecule has 1 atom stereocenters. The number of nitrogens with one attached hydrogen (secondary N) is 1. The molecule has 0 bridgehead atoms. The molecule has 1 saturated heterocycles. The Morgan fingerprint density at radius 1 is 1.04 bits per heavy atom. The summed E-state index contributed by atoms with van der Waals surface area (Å²) in [5, 5.41) is 0. The summed E-state index contributed by atoms with van der Waals surface area (Å²) in [6.07, 6.45) is 4.84. The third-order valence-electron chi connectivity index (χ3n) is 4.97. The van der Waals surface area contributed by atoms with Gasteiger partial charge >= 0.3 is 0 Å². The predicted octanol–water partition coefficient (Wildman–Crippen LogP) is 2.49. The van der Waals surface area contributed by atoms with Crippen LogP contribution < -0.4 is 4.72 Å². The highest BCUT2D eigenvalue weighted by molar-refractivity contribution is 7.89. The van der Waals surface area contributed by atoms with Gasteiger partial charge in [0.15, 0.2) is 0 Å². The van der Waals surface area contributed by atoms with Crippen LogP contribution in [0.15, 0.2) is 24.3 Å². The average molecular weight is 399 g/mol. The number of benzene rings is 1. The van der Waals surface area contributed by atoms with Crippen molar-refractivity contribution in [3.05, 3.63) is 35.4 Å². The highest BCUT2D eigenvalue weighted by Gasteiger charge is 2.23. The van der Waals surface area contributed by atoms with Crippen LogP contribution in [-0.2, 0) is 19.5 Å². The number of likely N-dealkylation sites (tertiary alicyclic amines) is 1. The van der Waals surface area contributed by atoms with Crippen molar-refractivity contribution < 1.29 is 17.9 Å². The third-order valence-corrected chi connectivity index (χ3v) is 6.28. The zero-order valence-corrected chi connectivity index (χ0v) is 17.5. The van der Waals surface area contributed by atoms with Crippen molar-refractivity contribution in [2.45, 2.75) is 38.6 Å². The van der Waals surface area contributed by atoms with E-state index in [4.69, 9.17) is 9.47 Å². The monoisotopic (exact) mass is 398 g/mol. The molecular formula is C20H34N2O4S. The van der Waals surface area contributed by atoms with Crippen LogP contribution in [-0.4, -0.2) is 65.6 Å². The normalized spacial score (nSPS) is 17.6. The molecule has 0 amide bonds. The van der Waals surface area contributed by atoms with Gasteiger partial charge < -0.3 is 9.47 Å². The van der Waals surface area contributed by atoms with Gasteiger partial charge in [-0.3, -0.25) is 4.90 Å². The van der Waals surface area contributed by atoms with Gasteiger partial charge in [-0.05, 0) is 38.4 Å². The summed E-state index contributed by atoms with van der Waals surface area (Å²) >= 11 is 0. The van der Waals surface area contributed by atoms with Crippen molar-refractivity contribution >= 4 is 10.0 Å². The van der Waals surface area contributed by atoms with E-state index in [0.29, 0.717) is 19.8 Å². The Morgan fingerprint density at radius 2 is 1.70 bits per heavy atom. The summed E-state index contributed by atoms with van der Waals surface area (Å²) in [6.45, 7) is 5.54. The molecule has 1 unspecified atom stereocenters. The molecule has 0 aromatic heterocycles. The van der Waals surface area contributed by atoms with Crippen LogP contribution in [0.5, 0.6) is 0 Å². The van der Waals surface area contributed by atoms with E-state index in [1.165, 1.54) is 36.8 Å². The maximum absolute atomic E-state index is 12.4. The third kappa shape index (κ3) is 8.27. The van der Waals surface area contributed by atoms with E-state index in [1.54, 1.807) is 7.11 Å². The van der Waals surface area contributed by atoms with Crippen LogP contribution in [0.25, 0.3) is 0 Å². The first-order valence-corrected chi connectivity index (χ1v) is 11.5. The number of methoxy groups -OCH3 is 1. The number of hydrogen-bond donors (Lipinski definition) is 1. The minimum atomic E-state index is -3.37. The molecule has 1 heterocycles. The van der Waals surface area contributed by atoms with Crippen LogP contribution in [0.1, 0.15) is 42.9 Å². The topological polar surface area (TPSA) is 67.9 Å². The van der Waals surface area contributed by atoms with E-state index >= 15 is 0 Å². The van der Waals surface area contributed by atoms with Gasteiger partial charge in [-0.1, -0.05) is 42.7 Å². The van der Waals surface area contributed by atoms with Crippen LogP contribution in [0.3, 0.4) is 0 Å². The van der Waals surface area contributed by atoms with E-state index in [9.17, 15) is 8.42 Å². The number of aryl methyl sites for hydroxylation is 1. The van der Waals surface area contributed by atoms with Gasteiger partial charge in [-0.2, -0.15) is 0 Å². The fraction of sp³-hybridized carbons (Fsp3) is 0.700. The summed E-state index contributed by atoms with van der Waals surface area (Å²) in [7, 11) is -1.78. The molecule has 6 nitrogen and oxygen atoms in total. The quantitative estimate of drug-likeness (QED) is 0.580. The van der Waals surface area contributed by atoms with Crippen LogP contribution >= 0.6 is 0 Å². The van der Waals surface area contributed by atoms with Crippen LogP contribution in [0.2, 0.25) is 0 Å². The lowest BCUT2D eigenvalue weighted by Crippen LogP contribution is -2.39. The molecule has 2 rings (SSSR count). The molecule has 154 valence electrons. The molecule has 1 aliphatic rings. The molecule has 0 aliphatic carbocycles. The second kappa shape index (κ2) is 11.8. The Bertz CT molecular complexity index is 626. The molecule has 1 aliphatic heterocycles. The molecule has 0 spiro atoms. The van der Waals surface area contributed by atoms with Crippen molar-refractivity contribution in [1.29, 1.82) is 0 Å². The second-order valence-electron chi connectivity index (χ2n) is 7.15. The molecule has 0 radical (unpaired) electrons. The molecule has 0 saturated carbocycles. The molecule has 7 heteroatoms. The molecule has 27 heavy (non-hydrogen) atoms. The maximum atomic E-state index is 12.4. The Morgan fingerprint density at radius 3 is 2.33 bits per heavy atom. The standard InChI is InChI=1S/C20H34N2O4S/c1-18-7-9-19(10-8-18)20(22-11-5-3-4-6-12-22)17-21-27(23,24)16-15-26-14-13-25-2/h7-10,20-21H,3-6,11-17H2,1-2H3. The molecule has 1 aromatic rings. The molecule has 1 N–H and O–H groups in total. The Balaban J connectivity index is 1.97. The first-order valence-electron chi connectivity index (χ1n) is 9.86. The van der Waals surface area contributed by atoms with Crippen molar-refractivity contribution in [3.8, 4) is 0 Å². The average Bonchev–Trinajstić information content (AvgIpc) is 2.92. The first-order chi connectivity index (χ1) is 13.0. The zero-order chi connectivity index (χ0) is 19.5. The van der Waals surface area contributed by atoms with E-state index < -0.39 is 10.0 Å². The van der Waals surface area contributed by atoms with E-state index in [2.05, 4.69) is 40.8 Å². The lowest BCUT2D eigenvalue weighted by Gasteiger charge is -2.31. The number of hydrogen-bond acceptors (Lipinski definition) is 5. The summed E-state index contributed by atoms with van der Waals surface area (Å²) < 4.78 is 37.7. The highest BCUT2D eigenvalue weighted by atomic mass is 32.2. The van der Waals surface area contributed by atoms with Gasteiger partial charge in [-0.15, -0.1) is 0 Å². The van der Waals surface area contributed by atoms with Gasteiger partial charge in [0.05, 0.1) is 25.6 Å². The smallest absolute Gasteiger partial charge is 0.213 e. The van der Waals surface area contributed by atoms with Crippen molar-refractivity contribution in [2.24, 2.45) is 0 Å². The Kier molecular flexibility index (Phi) is 9.72.